The van der Waals surface area contributed by atoms with Crippen LogP contribution in [0, 0.1) is 0 Å². The van der Waals surface area contributed by atoms with Crippen molar-refractivity contribution in [3.05, 3.63) is 70.9 Å². The molecule has 1 amide bonds. The third-order valence-corrected chi connectivity index (χ3v) is 6.16. The van der Waals surface area contributed by atoms with Crippen molar-refractivity contribution in [2.45, 2.75) is 27.0 Å². The highest BCUT2D eigenvalue weighted by Crippen LogP contribution is 2.37. The fourth-order valence-corrected chi connectivity index (χ4v) is 4.41. The molecular formula is C25H25N5O5S. The number of hydrogen-bond donors (Lipinski definition) is 1. The second-order valence-electron chi connectivity index (χ2n) is 7.48. The Morgan fingerprint density at radius 1 is 1.08 bits per heavy atom. The van der Waals surface area contributed by atoms with Gasteiger partial charge < -0.3 is 19.5 Å². The number of rotatable bonds is 10. The van der Waals surface area contributed by atoms with Crippen LogP contribution >= 0.6 is 11.3 Å². The second-order valence-corrected chi connectivity index (χ2v) is 8.36. The van der Waals surface area contributed by atoms with Gasteiger partial charge in [0, 0.05) is 23.1 Å². The molecule has 2 aromatic carbocycles. The number of aryl methyl sites for hydroxylation is 1. The average Bonchev–Trinajstić information content (AvgIpc) is 3.54. The van der Waals surface area contributed by atoms with Crippen LogP contribution in [0.2, 0.25) is 0 Å². The number of hydrogen-bond acceptors (Lipinski definition) is 9. The molecule has 36 heavy (non-hydrogen) atoms. The zero-order valence-corrected chi connectivity index (χ0v) is 20.9. The predicted octanol–water partition coefficient (Wildman–Crippen LogP) is 4.44. The molecule has 0 fully saturated rings. The summed E-state index contributed by atoms with van der Waals surface area (Å²) in [5.74, 6) is 0.881. The lowest BCUT2D eigenvalue weighted by molar-refractivity contribution is 0.0529. The van der Waals surface area contributed by atoms with E-state index >= 15 is 0 Å². The first-order chi connectivity index (χ1) is 17.5. The van der Waals surface area contributed by atoms with Gasteiger partial charge in [-0.2, -0.15) is 0 Å². The molecule has 4 aromatic rings. The van der Waals surface area contributed by atoms with E-state index in [9.17, 15) is 9.59 Å². The quantitative estimate of drug-likeness (QED) is 0.313. The fraction of sp³-hybridized carbons (Fsp3) is 0.240. The number of carbonyl (C=O) groups excluding carboxylic acids is 2. The van der Waals surface area contributed by atoms with Crippen LogP contribution in [0.5, 0.6) is 11.5 Å². The summed E-state index contributed by atoms with van der Waals surface area (Å²) in [4.78, 5) is 25.9. The number of carbonyl (C=O) groups is 2. The summed E-state index contributed by atoms with van der Waals surface area (Å²) in [6.07, 6.45) is 0. The maximum absolute atomic E-state index is 13.1. The summed E-state index contributed by atoms with van der Waals surface area (Å²) < 4.78 is 17.9. The summed E-state index contributed by atoms with van der Waals surface area (Å²) in [7, 11) is 1.59. The van der Waals surface area contributed by atoms with Gasteiger partial charge in [0.15, 0.2) is 5.82 Å². The number of tetrazole rings is 1. The number of amides is 1. The molecule has 1 N–H and O–H groups in total. The van der Waals surface area contributed by atoms with Crippen LogP contribution in [0.15, 0.2) is 53.9 Å². The smallest absolute Gasteiger partial charge is 0.341 e. The van der Waals surface area contributed by atoms with Gasteiger partial charge in [0.1, 0.15) is 28.7 Å². The number of anilines is 1. The fourth-order valence-electron chi connectivity index (χ4n) is 3.46. The van der Waals surface area contributed by atoms with Crippen LogP contribution in [0.3, 0.4) is 0 Å². The normalized spacial score (nSPS) is 10.6. The molecular weight excluding hydrogens is 482 g/mol. The van der Waals surface area contributed by atoms with E-state index in [1.165, 1.54) is 11.3 Å². The standard InChI is InChI=1S/C25H25N5O5S/c1-4-30-21(27-28-29-30)14-35-19-8-6-7-17(13-19)23(31)26-24-22(25(32)34-5-2)20(15-36-24)16-9-11-18(33-3)12-10-16/h6-13,15H,4-5,14H2,1-3H3,(H,26,31). The molecule has 0 radical (unpaired) electrons. The predicted molar refractivity (Wildman–Crippen MR) is 134 cm³/mol. The van der Waals surface area contributed by atoms with Crippen LogP contribution in [0.25, 0.3) is 11.1 Å². The molecule has 0 saturated heterocycles. The van der Waals surface area contributed by atoms with Crippen LogP contribution in [0.1, 0.15) is 40.4 Å². The Morgan fingerprint density at radius 3 is 2.61 bits per heavy atom. The van der Waals surface area contributed by atoms with Gasteiger partial charge in [-0.1, -0.05) is 18.2 Å². The zero-order valence-electron chi connectivity index (χ0n) is 20.1. The van der Waals surface area contributed by atoms with Crippen LogP contribution in [0.4, 0.5) is 5.00 Å². The van der Waals surface area contributed by atoms with Gasteiger partial charge >= 0.3 is 5.97 Å². The molecule has 2 aromatic heterocycles. The van der Waals surface area contributed by atoms with Crippen molar-refractivity contribution in [3.8, 4) is 22.6 Å². The van der Waals surface area contributed by atoms with Gasteiger partial charge in [-0.15, -0.1) is 16.4 Å². The summed E-state index contributed by atoms with van der Waals surface area (Å²) >= 11 is 1.25. The van der Waals surface area contributed by atoms with Gasteiger partial charge in [-0.3, -0.25) is 4.79 Å². The monoisotopic (exact) mass is 507 g/mol. The maximum atomic E-state index is 13.1. The van der Waals surface area contributed by atoms with Crippen molar-refractivity contribution in [1.82, 2.24) is 20.2 Å². The number of methoxy groups -OCH3 is 1. The molecule has 10 nitrogen and oxygen atoms in total. The van der Waals surface area contributed by atoms with Gasteiger partial charge in [0.2, 0.25) is 0 Å². The largest absolute Gasteiger partial charge is 0.497 e. The number of nitrogens with one attached hydrogen (secondary N) is 1. The Hall–Kier alpha value is -4.25. The molecule has 2 heterocycles. The van der Waals surface area contributed by atoms with E-state index in [-0.39, 0.29) is 19.1 Å². The summed E-state index contributed by atoms with van der Waals surface area (Å²) in [6.45, 7) is 4.66. The molecule has 0 saturated carbocycles. The molecule has 186 valence electrons. The van der Waals surface area contributed by atoms with Crippen molar-refractivity contribution in [2.75, 3.05) is 19.0 Å². The topological polar surface area (TPSA) is 117 Å². The zero-order chi connectivity index (χ0) is 25.5. The summed E-state index contributed by atoms with van der Waals surface area (Å²) in [5.41, 5.74) is 2.15. The van der Waals surface area contributed by atoms with Crippen molar-refractivity contribution >= 4 is 28.2 Å². The Bertz CT molecular complexity index is 1350. The first kappa shape index (κ1) is 24.9. The Morgan fingerprint density at radius 2 is 1.89 bits per heavy atom. The number of aromatic nitrogens is 4. The van der Waals surface area contributed by atoms with Crippen LogP contribution < -0.4 is 14.8 Å². The Labute approximate surface area is 211 Å². The van der Waals surface area contributed by atoms with E-state index in [4.69, 9.17) is 14.2 Å². The highest BCUT2D eigenvalue weighted by Gasteiger charge is 2.23. The SMILES string of the molecule is CCOC(=O)c1c(-c2ccc(OC)cc2)csc1NC(=O)c1cccc(OCc2nnnn2CC)c1. The minimum Gasteiger partial charge on any atom is -0.497 e. The number of ether oxygens (including phenoxy) is 3. The van der Waals surface area contributed by atoms with Gasteiger partial charge in [-0.05, 0) is 60.2 Å². The van der Waals surface area contributed by atoms with Gasteiger partial charge in [0.05, 0.1) is 13.7 Å². The van der Waals surface area contributed by atoms with E-state index in [1.54, 1.807) is 43.0 Å². The number of benzene rings is 2. The van der Waals surface area contributed by atoms with E-state index in [2.05, 4.69) is 20.8 Å². The molecule has 0 atom stereocenters. The van der Waals surface area contributed by atoms with Crippen LogP contribution in [-0.2, 0) is 17.9 Å². The Kier molecular flexibility index (Phi) is 7.91. The van der Waals surface area contributed by atoms with Gasteiger partial charge in [0.25, 0.3) is 5.91 Å². The van der Waals surface area contributed by atoms with E-state index in [0.29, 0.717) is 45.6 Å². The van der Waals surface area contributed by atoms with Crippen molar-refractivity contribution in [2.24, 2.45) is 0 Å². The van der Waals surface area contributed by atoms with E-state index in [0.717, 1.165) is 5.56 Å². The molecule has 11 heteroatoms. The highest BCUT2D eigenvalue weighted by atomic mass is 32.1. The highest BCUT2D eigenvalue weighted by molar-refractivity contribution is 7.15. The second kappa shape index (κ2) is 11.5. The first-order valence-electron chi connectivity index (χ1n) is 11.3. The lowest BCUT2D eigenvalue weighted by Gasteiger charge is -2.10. The number of esters is 1. The lowest BCUT2D eigenvalue weighted by atomic mass is 10.0. The average molecular weight is 508 g/mol. The third-order valence-electron chi connectivity index (χ3n) is 5.27. The van der Waals surface area contributed by atoms with Crippen LogP contribution in [-0.4, -0.2) is 45.8 Å². The first-order valence-corrected chi connectivity index (χ1v) is 12.1. The maximum Gasteiger partial charge on any atom is 0.341 e. The summed E-state index contributed by atoms with van der Waals surface area (Å²) in [5, 5.41) is 16.5. The molecule has 0 bridgehead atoms. The number of thiophene rings is 1. The van der Waals surface area contributed by atoms with Crippen molar-refractivity contribution < 1.29 is 23.8 Å². The van der Waals surface area contributed by atoms with E-state index in [1.807, 2.05) is 36.6 Å². The van der Waals surface area contributed by atoms with Gasteiger partial charge in [-0.25, -0.2) is 9.48 Å². The summed E-state index contributed by atoms with van der Waals surface area (Å²) in [6, 6.07) is 14.1. The molecule has 0 aliphatic rings. The van der Waals surface area contributed by atoms with Crippen molar-refractivity contribution in [3.63, 3.8) is 0 Å². The third kappa shape index (κ3) is 5.52. The number of nitrogens with zero attached hydrogens (tertiary/aromatic N) is 4. The molecule has 0 unspecified atom stereocenters. The lowest BCUT2D eigenvalue weighted by Crippen LogP contribution is -2.15. The molecule has 0 aliphatic carbocycles. The van der Waals surface area contributed by atoms with Crippen molar-refractivity contribution in [1.29, 1.82) is 0 Å². The molecule has 0 aliphatic heterocycles. The minimum atomic E-state index is -0.509. The van der Waals surface area contributed by atoms with E-state index < -0.39 is 5.97 Å². The Balaban J connectivity index is 1.55. The molecule has 0 spiro atoms. The minimum absolute atomic E-state index is 0.162. The molecule has 4 rings (SSSR count).